The number of guanidine groups is 1. The minimum absolute atomic E-state index is 0. The van der Waals surface area contributed by atoms with E-state index < -0.39 is 0 Å². The van der Waals surface area contributed by atoms with Crippen LogP contribution in [0.2, 0.25) is 0 Å². The highest BCUT2D eigenvalue weighted by molar-refractivity contribution is 14.0. The van der Waals surface area contributed by atoms with Gasteiger partial charge in [0.15, 0.2) is 5.96 Å². The Hall–Kier alpha value is -1.61. The summed E-state index contributed by atoms with van der Waals surface area (Å²) in [5.74, 6) is 2.80. The van der Waals surface area contributed by atoms with Crippen LogP contribution in [0.25, 0.3) is 10.9 Å². The van der Waals surface area contributed by atoms with Gasteiger partial charge in [0.25, 0.3) is 0 Å². The molecule has 0 radical (unpaired) electrons. The summed E-state index contributed by atoms with van der Waals surface area (Å²) in [6, 6.07) is 10.3. The van der Waals surface area contributed by atoms with E-state index in [1.165, 1.54) is 0 Å². The first-order chi connectivity index (χ1) is 13.9. The molecule has 7 heteroatoms. The molecule has 1 atom stereocenters. The van der Waals surface area contributed by atoms with Crippen molar-refractivity contribution in [2.75, 3.05) is 38.7 Å². The van der Waals surface area contributed by atoms with Crippen molar-refractivity contribution in [3.8, 4) is 0 Å². The maximum atomic E-state index is 9.36. The lowest BCUT2D eigenvalue weighted by Gasteiger charge is -2.20. The highest BCUT2D eigenvalue weighted by Gasteiger charge is 2.12. The Morgan fingerprint density at radius 1 is 1.20 bits per heavy atom. The average molecular weight is 527 g/mol. The minimum atomic E-state index is 0. The molecule has 0 aliphatic heterocycles. The number of rotatable bonds is 10. The van der Waals surface area contributed by atoms with Crippen molar-refractivity contribution in [2.24, 2.45) is 16.8 Å². The fraction of sp³-hybridized carbons (Fsp3) is 0.565. The smallest absolute Gasteiger partial charge is 0.191 e. The molecule has 0 saturated carbocycles. The minimum Gasteiger partial charge on any atom is -0.396 e. The zero-order valence-electron chi connectivity index (χ0n) is 19.0. The summed E-state index contributed by atoms with van der Waals surface area (Å²) in [6.07, 6.45) is 1.90. The Morgan fingerprint density at radius 3 is 2.57 bits per heavy atom. The second-order valence-corrected chi connectivity index (χ2v) is 8.14. The van der Waals surface area contributed by atoms with Crippen LogP contribution in [-0.2, 0) is 6.54 Å². The Balaban J connectivity index is 0.00000450. The van der Waals surface area contributed by atoms with Crippen LogP contribution >= 0.6 is 24.0 Å². The van der Waals surface area contributed by atoms with Gasteiger partial charge in [0, 0.05) is 39.2 Å². The number of aliphatic imine (C=N–C) groups is 1. The molecule has 168 valence electrons. The Labute approximate surface area is 198 Å². The highest BCUT2D eigenvalue weighted by Crippen LogP contribution is 2.22. The molecule has 0 fully saturated rings. The summed E-state index contributed by atoms with van der Waals surface area (Å²) in [7, 11) is 4.01. The van der Waals surface area contributed by atoms with Crippen LogP contribution in [0.15, 0.2) is 35.3 Å². The van der Waals surface area contributed by atoms with Gasteiger partial charge in [-0.25, -0.2) is 9.98 Å². The highest BCUT2D eigenvalue weighted by atomic mass is 127. The molecule has 0 amide bonds. The molecule has 3 N–H and O–H groups in total. The van der Waals surface area contributed by atoms with Gasteiger partial charge in [-0.2, -0.15) is 0 Å². The first kappa shape index (κ1) is 26.4. The lowest BCUT2D eigenvalue weighted by Crippen LogP contribution is -2.40. The zero-order valence-corrected chi connectivity index (χ0v) is 21.3. The molecule has 2 rings (SSSR count). The summed E-state index contributed by atoms with van der Waals surface area (Å²) in [5.41, 5.74) is 2.15. The molecular formula is C23H38IN5O. The molecule has 1 aromatic carbocycles. The van der Waals surface area contributed by atoms with Gasteiger partial charge in [0.2, 0.25) is 0 Å². The van der Waals surface area contributed by atoms with E-state index in [1.807, 2.05) is 37.2 Å². The number of hydrogen-bond donors (Lipinski definition) is 3. The number of hydrogen-bond acceptors (Lipinski definition) is 4. The van der Waals surface area contributed by atoms with Crippen LogP contribution in [-0.4, -0.2) is 49.8 Å². The number of fused-ring (bicyclic) bond motifs is 1. The van der Waals surface area contributed by atoms with Gasteiger partial charge < -0.3 is 20.6 Å². The molecule has 0 saturated heterocycles. The first-order valence-corrected chi connectivity index (χ1v) is 10.6. The zero-order chi connectivity index (χ0) is 21.2. The number of nitrogens with zero attached hydrogens (tertiary/aromatic N) is 3. The van der Waals surface area contributed by atoms with Crippen molar-refractivity contribution in [3.05, 3.63) is 35.9 Å². The Kier molecular flexibility index (Phi) is 12.0. The number of halogens is 1. The molecular weight excluding hydrogens is 489 g/mol. The van der Waals surface area contributed by atoms with E-state index >= 15 is 0 Å². The monoisotopic (exact) mass is 527 g/mol. The summed E-state index contributed by atoms with van der Waals surface area (Å²) < 4.78 is 0. The third-order valence-electron chi connectivity index (χ3n) is 4.90. The summed E-state index contributed by atoms with van der Waals surface area (Å²) >= 11 is 0. The van der Waals surface area contributed by atoms with Crippen LogP contribution in [0.4, 0.5) is 5.82 Å². The molecule has 0 aliphatic rings. The fourth-order valence-corrected chi connectivity index (χ4v) is 3.49. The van der Waals surface area contributed by atoms with Crippen LogP contribution in [0.3, 0.4) is 0 Å². The topological polar surface area (TPSA) is 72.8 Å². The van der Waals surface area contributed by atoms with E-state index in [0.717, 1.165) is 54.2 Å². The molecule has 0 spiro atoms. The molecule has 6 nitrogen and oxygen atoms in total. The maximum Gasteiger partial charge on any atom is 0.191 e. The van der Waals surface area contributed by atoms with Crippen molar-refractivity contribution < 1.29 is 5.11 Å². The average Bonchev–Trinajstić information content (AvgIpc) is 2.69. The number of para-hydroxylation sites is 1. The predicted octanol–water partition coefficient (Wildman–Crippen LogP) is 4.02. The SMILES string of the molecule is CCNC(=NCc1cc(N(C)C)nc2ccccc12)NCC(CCO)CC(C)C.I. The second-order valence-electron chi connectivity index (χ2n) is 8.14. The molecule has 1 heterocycles. The van der Waals surface area contributed by atoms with Gasteiger partial charge in [0.1, 0.15) is 5.82 Å². The normalized spacial score (nSPS) is 12.6. The summed E-state index contributed by atoms with van der Waals surface area (Å²) in [4.78, 5) is 11.6. The van der Waals surface area contributed by atoms with E-state index in [0.29, 0.717) is 18.4 Å². The Morgan fingerprint density at radius 2 is 1.93 bits per heavy atom. The van der Waals surface area contributed by atoms with Gasteiger partial charge in [-0.1, -0.05) is 32.0 Å². The summed E-state index contributed by atoms with van der Waals surface area (Å²) in [5, 5.41) is 17.3. The van der Waals surface area contributed by atoms with Crippen molar-refractivity contribution in [1.82, 2.24) is 15.6 Å². The number of nitrogens with one attached hydrogen (secondary N) is 2. The number of aliphatic hydroxyl groups excluding tert-OH is 1. The maximum absolute atomic E-state index is 9.36. The number of aliphatic hydroxyl groups is 1. The van der Waals surface area contributed by atoms with Crippen molar-refractivity contribution in [1.29, 1.82) is 0 Å². The van der Waals surface area contributed by atoms with E-state index in [9.17, 15) is 5.11 Å². The van der Waals surface area contributed by atoms with E-state index in [4.69, 9.17) is 9.98 Å². The lowest BCUT2D eigenvalue weighted by atomic mass is 9.94. The van der Waals surface area contributed by atoms with Crippen LogP contribution in [0.1, 0.15) is 39.2 Å². The lowest BCUT2D eigenvalue weighted by molar-refractivity contribution is 0.243. The van der Waals surface area contributed by atoms with Crippen molar-refractivity contribution in [2.45, 2.75) is 40.2 Å². The van der Waals surface area contributed by atoms with Crippen LogP contribution in [0.5, 0.6) is 0 Å². The fourth-order valence-electron chi connectivity index (χ4n) is 3.49. The third kappa shape index (κ3) is 8.26. The van der Waals surface area contributed by atoms with Gasteiger partial charge in [-0.15, -0.1) is 24.0 Å². The van der Waals surface area contributed by atoms with E-state index in [-0.39, 0.29) is 30.6 Å². The third-order valence-corrected chi connectivity index (χ3v) is 4.90. The van der Waals surface area contributed by atoms with Gasteiger partial charge in [-0.3, -0.25) is 0 Å². The van der Waals surface area contributed by atoms with Crippen LogP contribution < -0.4 is 15.5 Å². The molecule has 0 bridgehead atoms. The van der Waals surface area contributed by atoms with E-state index in [1.54, 1.807) is 0 Å². The molecule has 1 unspecified atom stereocenters. The standard InChI is InChI=1S/C23H37N5O.HI/c1-6-24-23(25-15-18(11-12-29)13-17(2)3)26-16-19-14-22(28(4)5)27-21-10-8-7-9-20(19)21;/h7-10,14,17-18,29H,6,11-13,15-16H2,1-5H3,(H2,24,25,26);1H. The van der Waals surface area contributed by atoms with Crippen molar-refractivity contribution >= 4 is 46.7 Å². The van der Waals surface area contributed by atoms with Gasteiger partial charge >= 0.3 is 0 Å². The molecule has 30 heavy (non-hydrogen) atoms. The molecule has 2 aromatic rings. The van der Waals surface area contributed by atoms with Gasteiger partial charge in [0.05, 0.1) is 12.1 Å². The Bertz CT molecular complexity index is 794. The predicted molar refractivity (Wildman–Crippen MR) is 139 cm³/mol. The number of aromatic nitrogens is 1. The van der Waals surface area contributed by atoms with Gasteiger partial charge in [-0.05, 0) is 49.3 Å². The number of pyridine rings is 1. The summed E-state index contributed by atoms with van der Waals surface area (Å²) in [6.45, 7) is 8.94. The number of anilines is 1. The second kappa shape index (κ2) is 13.6. The molecule has 0 aliphatic carbocycles. The van der Waals surface area contributed by atoms with Crippen molar-refractivity contribution in [3.63, 3.8) is 0 Å². The molecule has 1 aromatic heterocycles. The quantitative estimate of drug-likeness (QED) is 0.247. The largest absolute Gasteiger partial charge is 0.396 e. The van der Waals surface area contributed by atoms with Crippen LogP contribution in [0, 0.1) is 11.8 Å². The first-order valence-electron chi connectivity index (χ1n) is 10.6. The number of benzene rings is 1. The van der Waals surface area contributed by atoms with E-state index in [2.05, 4.69) is 43.5 Å².